The van der Waals surface area contributed by atoms with Gasteiger partial charge in [-0.05, 0) is 71.3 Å². The maximum atomic E-state index is 14.9. The molecule has 212 valence electrons. The summed E-state index contributed by atoms with van der Waals surface area (Å²) in [5, 5.41) is 3.07. The van der Waals surface area contributed by atoms with E-state index < -0.39 is 23.4 Å². The van der Waals surface area contributed by atoms with E-state index in [0.717, 1.165) is 11.1 Å². The number of benzene rings is 4. The Morgan fingerprint density at radius 1 is 0.884 bits per heavy atom. The highest BCUT2D eigenvalue weighted by Crippen LogP contribution is 2.62. The van der Waals surface area contributed by atoms with Gasteiger partial charge in [-0.3, -0.25) is 14.4 Å². The van der Waals surface area contributed by atoms with Gasteiger partial charge in [0.2, 0.25) is 12.7 Å². The summed E-state index contributed by atoms with van der Waals surface area (Å²) in [6.07, 6.45) is 3.80. The van der Waals surface area contributed by atoms with Crippen molar-refractivity contribution >= 4 is 29.2 Å². The van der Waals surface area contributed by atoms with Crippen molar-refractivity contribution in [3.8, 4) is 17.2 Å². The van der Waals surface area contributed by atoms with Gasteiger partial charge in [-0.15, -0.1) is 0 Å². The molecule has 0 aromatic heterocycles. The van der Waals surface area contributed by atoms with E-state index in [4.69, 9.17) is 14.2 Å². The minimum atomic E-state index is -1.40. The summed E-state index contributed by atoms with van der Waals surface area (Å²) in [5.74, 6) is -0.327. The Bertz CT molecular complexity index is 1860. The number of hydrogen-bond acceptors (Lipinski definition) is 7. The Morgan fingerprint density at radius 3 is 2.47 bits per heavy atom. The number of ether oxygens (including phenoxy) is 3. The molecule has 8 heteroatoms. The molecule has 1 fully saturated rings. The zero-order valence-corrected chi connectivity index (χ0v) is 23.2. The Morgan fingerprint density at radius 2 is 1.63 bits per heavy atom. The molecule has 0 unspecified atom stereocenters. The number of carbonyl (C=O) groups is 3. The van der Waals surface area contributed by atoms with Crippen LogP contribution >= 0.6 is 0 Å². The Balaban J connectivity index is 1.39. The molecular weight excluding hydrogens is 544 g/mol. The Labute approximate surface area is 247 Å². The van der Waals surface area contributed by atoms with Crippen molar-refractivity contribution in [1.29, 1.82) is 0 Å². The molecule has 0 bridgehead atoms. The molecule has 1 amide bonds. The van der Waals surface area contributed by atoms with Crippen LogP contribution in [0, 0.1) is 5.92 Å². The molecule has 8 rings (SSSR count). The minimum Gasteiger partial charge on any atom is -0.497 e. The van der Waals surface area contributed by atoms with Gasteiger partial charge in [-0.2, -0.15) is 0 Å². The Hall–Kier alpha value is -5.37. The minimum absolute atomic E-state index is 0.0722. The molecule has 8 nitrogen and oxygen atoms in total. The fourth-order valence-electron chi connectivity index (χ4n) is 7.32. The van der Waals surface area contributed by atoms with Gasteiger partial charge in [0.05, 0.1) is 19.1 Å². The number of nitrogens with one attached hydrogen (secondary N) is 1. The largest absolute Gasteiger partial charge is 0.497 e. The molecule has 0 radical (unpaired) electrons. The molecule has 43 heavy (non-hydrogen) atoms. The monoisotopic (exact) mass is 570 g/mol. The Kier molecular flexibility index (Phi) is 5.50. The van der Waals surface area contributed by atoms with E-state index >= 15 is 0 Å². The number of carbonyl (C=O) groups excluding carboxylic acids is 3. The van der Waals surface area contributed by atoms with E-state index in [1.807, 2.05) is 65.7 Å². The van der Waals surface area contributed by atoms with E-state index in [-0.39, 0.29) is 24.3 Å². The highest BCUT2D eigenvalue weighted by Gasteiger charge is 2.70. The molecule has 4 aliphatic heterocycles. The topological polar surface area (TPSA) is 94.2 Å². The van der Waals surface area contributed by atoms with Crippen molar-refractivity contribution in [3.63, 3.8) is 0 Å². The molecule has 0 saturated carbocycles. The second-order valence-electron chi connectivity index (χ2n) is 11.1. The second-order valence-corrected chi connectivity index (χ2v) is 11.1. The third-order valence-corrected chi connectivity index (χ3v) is 9.15. The van der Waals surface area contributed by atoms with Crippen molar-refractivity contribution in [2.45, 2.75) is 17.5 Å². The summed E-state index contributed by atoms with van der Waals surface area (Å²) in [6, 6.07) is 25.6. The SMILES string of the molecule is COc1ccc(C(=O)[C@@H]2[C@H](C(=O)c3ccc4c(c3)OCO4)N3C=Cc4ccccc4[C@H]3[C@]23C(=O)Nc2ccccc23)cc1. The zero-order valence-electron chi connectivity index (χ0n) is 23.2. The number of rotatable bonds is 5. The fraction of sp³-hybridized carbons (Fsp3) is 0.171. The molecule has 1 N–H and O–H groups in total. The third kappa shape index (κ3) is 3.46. The van der Waals surface area contributed by atoms with Crippen LogP contribution in [-0.2, 0) is 10.2 Å². The maximum absolute atomic E-state index is 14.9. The fourth-order valence-corrected chi connectivity index (χ4v) is 7.32. The van der Waals surface area contributed by atoms with E-state index in [1.165, 1.54) is 0 Å². The molecule has 4 heterocycles. The first-order valence-electron chi connectivity index (χ1n) is 14.1. The average Bonchev–Trinajstić information content (AvgIpc) is 3.73. The van der Waals surface area contributed by atoms with E-state index in [0.29, 0.717) is 39.6 Å². The van der Waals surface area contributed by atoms with Crippen molar-refractivity contribution in [1.82, 2.24) is 4.90 Å². The van der Waals surface area contributed by atoms with Gasteiger partial charge in [0.1, 0.15) is 17.2 Å². The molecule has 4 atom stereocenters. The normalized spacial score (nSPS) is 23.9. The number of fused-ring (bicyclic) bond motifs is 7. The molecule has 1 spiro atoms. The molecule has 1 saturated heterocycles. The number of Topliss-reactive ketones (excluding diaryl/α,β-unsaturated/α-hetero) is 2. The molecule has 4 aromatic rings. The van der Waals surface area contributed by atoms with E-state index in [9.17, 15) is 14.4 Å². The summed E-state index contributed by atoms with van der Waals surface area (Å²) >= 11 is 0. The standard InChI is InChI=1S/C35H26N2O6/c1-41-23-13-10-21(11-14-23)31(38)29-30(32(39)22-12-15-27-28(18-22)43-19-42-27)37-17-16-20-6-2-3-7-24(20)33(37)35(29)25-8-4-5-9-26(25)36-34(35)40/h2-18,29-30,33H,19H2,1H3,(H,36,40)/t29-,30+,33-,35+/m0/s1. The first kappa shape index (κ1) is 25.3. The van der Waals surface area contributed by atoms with Crippen LogP contribution in [0.15, 0.2) is 97.2 Å². The second kappa shape index (κ2) is 9.32. The number of para-hydroxylation sites is 1. The van der Waals surface area contributed by atoms with Crippen molar-refractivity contribution < 1.29 is 28.6 Å². The molecular formula is C35H26N2O6. The van der Waals surface area contributed by atoms with Crippen LogP contribution in [0.3, 0.4) is 0 Å². The summed E-state index contributed by atoms with van der Waals surface area (Å²) in [7, 11) is 1.56. The van der Waals surface area contributed by atoms with Gasteiger partial charge >= 0.3 is 0 Å². The van der Waals surface area contributed by atoms with Crippen molar-refractivity contribution in [3.05, 3.63) is 125 Å². The molecule has 4 aliphatic rings. The van der Waals surface area contributed by atoms with Crippen LogP contribution < -0.4 is 19.5 Å². The molecule has 0 aliphatic carbocycles. The number of anilines is 1. The summed E-state index contributed by atoms with van der Waals surface area (Å²) in [6.45, 7) is 0.0722. The quantitative estimate of drug-likeness (QED) is 0.321. The number of methoxy groups -OCH3 is 1. The summed E-state index contributed by atoms with van der Waals surface area (Å²) in [4.78, 5) is 46.1. The highest BCUT2D eigenvalue weighted by molar-refractivity contribution is 6.16. The third-order valence-electron chi connectivity index (χ3n) is 9.15. The van der Waals surface area contributed by atoms with Crippen LogP contribution in [0.4, 0.5) is 5.69 Å². The lowest BCUT2D eigenvalue weighted by Crippen LogP contribution is -2.49. The van der Waals surface area contributed by atoms with Crippen LogP contribution in [0.25, 0.3) is 6.08 Å². The van der Waals surface area contributed by atoms with Gasteiger partial charge in [-0.1, -0.05) is 42.5 Å². The van der Waals surface area contributed by atoms with E-state index in [2.05, 4.69) is 5.32 Å². The number of ketones is 2. The lowest BCUT2D eigenvalue weighted by Gasteiger charge is -2.38. The number of nitrogens with zero attached hydrogens (tertiary/aromatic N) is 1. The van der Waals surface area contributed by atoms with Gasteiger partial charge in [0.25, 0.3) is 0 Å². The first-order valence-corrected chi connectivity index (χ1v) is 14.1. The summed E-state index contributed by atoms with van der Waals surface area (Å²) in [5.41, 5.74) is 2.53. The van der Waals surface area contributed by atoms with Crippen molar-refractivity contribution in [2.24, 2.45) is 5.92 Å². The highest BCUT2D eigenvalue weighted by atomic mass is 16.7. The average molecular weight is 571 g/mol. The zero-order chi connectivity index (χ0) is 29.3. The lowest BCUT2D eigenvalue weighted by molar-refractivity contribution is -0.122. The lowest BCUT2D eigenvalue weighted by atomic mass is 9.62. The predicted molar refractivity (Wildman–Crippen MR) is 158 cm³/mol. The van der Waals surface area contributed by atoms with Crippen molar-refractivity contribution in [2.75, 3.05) is 19.2 Å². The summed E-state index contributed by atoms with van der Waals surface area (Å²) < 4.78 is 16.4. The maximum Gasteiger partial charge on any atom is 0.238 e. The van der Waals surface area contributed by atoms with Crippen LogP contribution in [0.5, 0.6) is 17.2 Å². The number of amides is 1. The smallest absolute Gasteiger partial charge is 0.238 e. The predicted octanol–water partition coefficient (Wildman–Crippen LogP) is 5.41. The van der Waals surface area contributed by atoms with Crippen LogP contribution in [0.1, 0.15) is 43.4 Å². The van der Waals surface area contributed by atoms with Crippen LogP contribution in [0.2, 0.25) is 0 Å². The van der Waals surface area contributed by atoms with Gasteiger partial charge < -0.3 is 24.4 Å². The number of hydrogen-bond donors (Lipinski definition) is 1. The van der Waals surface area contributed by atoms with Gasteiger partial charge in [0.15, 0.2) is 23.1 Å². The molecule has 4 aromatic carbocycles. The first-order chi connectivity index (χ1) is 21.0. The van der Waals surface area contributed by atoms with E-state index in [1.54, 1.807) is 49.6 Å². The van der Waals surface area contributed by atoms with Gasteiger partial charge in [-0.25, -0.2) is 0 Å². The van der Waals surface area contributed by atoms with Gasteiger partial charge in [0, 0.05) is 23.0 Å². The van der Waals surface area contributed by atoms with Crippen LogP contribution in [-0.4, -0.2) is 42.3 Å².